The van der Waals surface area contributed by atoms with Crippen LogP contribution in [-0.2, 0) is 22.6 Å². The van der Waals surface area contributed by atoms with Crippen LogP contribution in [0.15, 0.2) is 60.0 Å². The predicted octanol–water partition coefficient (Wildman–Crippen LogP) is 4.32. The molecule has 1 unspecified atom stereocenters. The lowest BCUT2D eigenvalue weighted by molar-refractivity contribution is 0.220. The second kappa shape index (κ2) is 9.56. The summed E-state index contributed by atoms with van der Waals surface area (Å²) < 4.78 is 12.0. The van der Waals surface area contributed by atoms with Gasteiger partial charge < -0.3 is 5.32 Å². The molecule has 0 aliphatic carbocycles. The number of nitrogens with zero attached hydrogens (tertiary/aromatic N) is 4. The van der Waals surface area contributed by atoms with Gasteiger partial charge in [0.15, 0.2) is 0 Å². The number of H-pyrrole nitrogens is 1. The highest BCUT2D eigenvalue weighted by atomic mass is 32.2. The Morgan fingerprint density at radius 1 is 1.06 bits per heavy atom. The molecule has 0 amide bonds. The van der Waals surface area contributed by atoms with E-state index < -0.39 is 9.52 Å². The van der Waals surface area contributed by atoms with Gasteiger partial charge in [0.2, 0.25) is 0 Å². The molecule has 2 N–H and O–H groups in total. The zero-order chi connectivity index (χ0) is 23.5. The van der Waals surface area contributed by atoms with Crippen molar-refractivity contribution in [3.63, 3.8) is 0 Å². The molecule has 1 saturated heterocycles. The Morgan fingerprint density at radius 3 is 2.68 bits per heavy atom. The molecule has 5 rings (SSSR count). The van der Waals surface area contributed by atoms with Crippen LogP contribution in [0.5, 0.6) is 0 Å². The number of nitrogens with one attached hydrogen (secondary N) is 2. The Morgan fingerprint density at radius 2 is 1.91 bits per heavy atom. The van der Waals surface area contributed by atoms with Crippen molar-refractivity contribution in [3.8, 4) is 11.1 Å². The van der Waals surface area contributed by atoms with Crippen LogP contribution in [0.1, 0.15) is 30.5 Å². The summed E-state index contributed by atoms with van der Waals surface area (Å²) in [4.78, 5) is 11.3. The number of hydrogen-bond donors (Lipinski definition) is 2. The van der Waals surface area contributed by atoms with Gasteiger partial charge >= 0.3 is 0 Å². The summed E-state index contributed by atoms with van der Waals surface area (Å²) in [5.41, 5.74) is 6.27. The smallest absolute Gasteiger partial charge is 0.118 e. The highest BCUT2D eigenvalue weighted by Crippen LogP contribution is 2.26. The van der Waals surface area contributed by atoms with Crippen molar-refractivity contribution in [1.29, 1.82) is 0 Å². The molecule has 1 aliphatic rings. The SMILES string of the molecule is C=S(C)(=O)c1ccc(NCc2[nH]nc3ccc(-c4cncc(CN5CCCCC5)c4)cc23)cn1. The molecule has 176 valence electrons. The molecule has 4 heterocycles. The molecule has 3 aromatic heterocycles. The maximum absolute atomic E-state index is 12.0. The van der Waals surface area contributed by atoms with Gasteiger partial charge in [-0.1, -0.05) is 12.5 Å². The van der Waals surface area contributed by atoms with E-state index in [0.717, 1.165) is 40.0 Å². The number of rotatable bonds is 7. The first kappa shape index (κ1) is 22.6. The molecule has 34 heavy (non-hydrogen) atoms. The molecular formula is C26H30N6OS. The van der Waals surface area contributed by atoms with Crippen LogP contribution in [0.2, 0.25) is 0 Å². The summed E-state index contributed by atoms with van der Waals surface area (Å²) in [5.74, 6) is 3.68. The van der Waals surface area contributed by atoms with E-state index in [-0.39, 0.29) is 0 Å². The number of piperidine rings is 1. The molecule has 1 fully saturated rings. The Balaban J connectivity index is 1.33. The lowest BCUT2D eigenvalue weighted by Gasteiger charge is -2.26. The van der Waals surface area contributed by atoms with Gasteiger partial charge in [-0.25, -0.2) is 4.98 Å². The van der Waals surface area contributed by atoms with Crippen molar-refractivity contribution in [3.05, 3.63) is 66.2 Å². The van der Waals surface area contributed by atoms with Gasteiger partial charge in [-0.05, 0) is 73.3 Å². The summed E-state index contributed by atoms with van der Waals surface area (Å²) in [6, 6.07) is 12.2. The zero-order valence-electron chi connectivity index (χ0n) is 19.5. The van der Waals surface area contributed by atoms with Crippen LogP contribution in [0.3, 0.4) is 0 Å². The van der Waals surface area contributed by atoms with Crippen molar-refractivity contribution in [2.75, 3.05) is 24.7 Å². The van der Waals surface area contributed by atoms with Gasteiger partial charge in [-0.2, -0.15) is 5.10 Å². The number of anilines is 1. The third-order valence-electron chi connectivity index (χ3n) is 6.26. The molecule has 0 spiro atoms. The number of hydrogen-bond acceptors (Lipinski definition) is 6. The van der Waals surface area contributed by atoms with Crippen LogP contribution in [0.4, 0.5) is 5.69 Å². The highest BCUT2D eigenvalue weighted by molar-refractivity contribution is 7.99. The van der Waals surface area contributed by atoms with E-state index in [9.17, 15) is 4.21 Å². The van der Waals surface area contributed by atoms with Crippen molar-refractivity contribution in [2.24, 2.45) is 0 Å². The maximum Gasteiger partial charge on any atom is 0.118 e. The molecule has 0 bridgehead atoms. The fraction of sp³-hybridized carbons (Fsp3) is 0.308. The number of pyridine rings is 2. The van der Waals surface area contributed by atoms with E-state index in [4.69, 9.17) is 0 Å². The normalized spacial score (nSPS) is 16.4. The summed E-state index contributed by atoms with van der Waals surface area (Å²) in [6.07, 6.45) is 11.1. The fourth-order valence-electron chi connectivity index (χ4n) is 4.42. The van der Waals surface area contributed by atoms with Gasteiger partial charge in [0, 0.05) is 45.7 Å². The minimum atomic E-state index is -2.31. The summed E-state index contributed by atoms with van der Waals surface area (Å²) in [7, 11) is -2.31. The Kier molecular flexibility index (Phi) is 6.34. The highest BCUT2D eigenvalue weighted by Gasteiger charge is 2.12. The fourth-order valence-corrected chi connectivity index (χ4v) is 5.05. The van der Waals surface area contributed by atoms with Gasteiger partial charge in [-0.15, -0.1) is 0 Å². The van der Waals surface area contributed by atoms with Crippen molar-refractivity contribution < 1.29 is 4.21 Å². The van der Waals surface area contributed by atoms with E-state index >= 15 is 0 Å². The molecule has 4 aromatic rings. The first-order valence-electron chi connectivity index (χ1n) is 11.6. The maximum atomic E-state index is 12.0. The van der Waals surface area contributed by atoms with E-state index in [0.29, 0.717) is 11.6 Å². The zero-order valence-corrected chi connectivity index (χ0v) is 20.3. The first-order chi connectivity index (χ1) is 16.5. The minimum absolute atomic E-state index is 0.505. The largest absolute Gasteiger partial charge is 0.378 e. The van der Waals surface area contributed by atoms with Crippen LogP contribution >= 0.6 is 0 Å². The van der Waals surface area contributed by atoms with Crippen LogP contribution < -0.4 is 5.32 Å². The quantitative estimate of drug-likeness (QED) is 0.388. The first-order valence-corrected chi connectivity index (χ1v) is 13.7. The van der Waals surface area contributed by atoms with E-state index in [1.165, 1.54) is 37.9 Å². The average molecular weight is 475 g/mol. The number of aromatic amines is 1. The number of aromatic nitrogens is 4. The monoisotopic (exact) mass is 474 g/mol. The molecule has 8 heteroatoms. The lowest BCUT2D eigenvalue weighted by Crippen LogP contribution is -2.29. The molecule has 1 aromatic carbocycles. The molecule has 7 nitrogen and oxygen atoms in total. The van der Waals surface area contributed by atoms with Gasteiger partial charge in [0.1, 0.15) is 5.03 Å². The molecular weight excluding hydrogens is 444 g/mol. The third-order valence-corrected chi connectivity index (χ3v) is 7.39. The van der Waals surface area contributed by atoms with Crippen LogP contribution in [0, 0.1) is 0 Å². The standard InChI is InChI=1S/C26H30N6OS/c1-34(2,33)26-9-7-22(16-29-26)28-17-25-23-13-20(6-8-24(23)30-31-25)21-12-19(14-27-15-21)18-32-10-4-3-5-11-32/h6-9,12-16,28H,1,3-5,10-11,17-18H2,2H3,(H,30,31). The molecule has 1 atom stereocenters. The summed E-state index contributed by atoms with van der Waals surface area (Å²) in [6.45, 7) is 3.87. The molecule has 1 aliphatic heterocycles. The van der Waals surface area contributed by atoms with Gasteiger partial charge in [0.25, 0.3) is 0 Å². The second-order valence-electron chi connectivity index (χ2n) is 9.10. The lowest BCUT2D eigenvalue weighted by atomic mass is 10.0. The minimum Gasteiger partial charge on any atom is -0.378 e. The van der Waals surface area contributed by atoms with E-state index in [1.54, 1.807) is 18.5 Å². The third kappa shape index (κ3) is 5.13. The van der Waals surface area contributed by atoms with Crippen molar-refractivity contribution in [1.82, 2.24) is 25.1 Å². The van der Waals surface area contributed by atoms with Gasteiger partial charge in [-0.3, -0.25) is 19.2 Å². The average Bonchev–Trinajstić information content (AvgIpc) is 3.25. The van der Waals surface area contributed by atoms with E-state index in [2.05, 4.69) is 54.5 Å². The number of likely N-dealkylation sites (tertiary alicyclic amines) is 1. The number of fused-ring (bicyclic) bond motifs is 1. The predicted molar refractivity (Wildman–Crippen MR) is 139 cm³/mol. The topological polar surface area (TPSA) is 86.8 Å². The van der Waals surface area contributed by atoms with Crippen LogP contribution in [-0.4, -0.2) is 54.5 Å². The van der Waals surface area contributed by atoms with Crippen molar-refractivity contribution in [2.45, 2.75) is 37.4 Å². The summed E-state index contributed by atoms with van der Waals surface area (Å²) in [5, 5.41) is 12.6. The van der Waals surface area contributed by atoms with Crippen molar-refractivity contribution >= 4 is 32.0 Å². The molecule has 0 radical (unpaired) electrons. The Bertz CT molecular complexity index is 1390. The Hall–Kier alpha value is -3.23. The second-order valence-corrected chi connectivity index (χ2v) is 11.5. The van der Waals surface area contributed by atoms with E-state index in [1.807, 2.05) is 24.5 Å². The van der Waals surface area contributed by atoms with Gasteiger partial charge in [0.05, 0.1) is 29.6 Å². The molecule has 0 saturated carbocycles. The number of benzene rings is 1. The summed E-state index contributed by atoms with van der Waals surface area (Å²) >= 11 is 0. The Labute approximate surface area is 200 Å². The van der Waals surface area contributed by atoms with Crippen LogP contribution in [0.25, 0.3) is 22.0 Å².